The zero-order chi connectivity index (χ0) is 14.0. The molecule has 0 aromatic carbocycles. The predicted molar refractivity (Wildman–Crippen MR) is 71.8 cm³/mol. The van der Waals surface area contributed by atoms with Crippen LogP contribution in [0.5, 0.6) is 0 Å². The van der Waals surface area contributed by atoms with E-state index in [1.54, 1.807) is 0 Å². The van der Waals surface area contributed by atoms with E-state index >= 15 is 0 Å². The van der Waals surface area contributed by atoms with Crippen LogP contribution in [0.4, 0.5) is 5.82 Å². The van der Waals surface area contributed by atoms with Gasteiger partial charge >= 0.3 is 5.97 Å². The van der Waals surface area contributed by atoms with Crippen LogP contribution in [0.2, 0.25) is 0 Å². The van der Waals surface area contributed by atoms with Crippen molar-refractivity contribution >= 4 is 41.1 Å². The molecule has 0 N–H and O–H groups in total. The van der Waals surface area contributed by atoms with Gasteiger partial charge in [-0.3, -0.25) is 9.69 Å². The molecule has 1 aliphatic rings. The average Bonchev–Trinajstić information content (AvgIpc) is 2.76. The fourth-order valence-electron chi connectivity index (χ4n) is 1.78. The van der Waals surface area contributed by atoms with Crippen molar-refractivity contribution in [3.63, 3.8) is 0 Å². The molecule has 102 valence electrons. The van der Waals surface area contributed by atoms with Crippen molar-refractivity contribution in [2.45, 2.75) is 17.0 Å². The summed E-state index contributed by atoms with van der Waals surface area (Å²) < 4.78 is 4.68. The Bertz CT molecular complexity index is 526. The maximum atomic E-state index is 11.9. The molecule has 8 heteroatoms. The summed E-state index contributed by atoms with van der Waals surface area (Å²) in [6.07, 6.45) is 3.42. The fraction of sp³-hybridized carbons (Fsp3) is 0.455. The number of hydrogen-bond acceptors (Lipinski definition) is 6. The van der Waals surface area contributed by atoms with E-state index in [9.17, 15) is 9.59 Å². The summed E-state index contributed by atoms with van der Waals surface area (Å²) in [7, 11) is 1.27. The summed E-state index contributed by atoms with van der Waals surface area (Å²) in [6.45, 7) is 0.329. The molecule has 2 rings (SSSR count). The number of halogens is 1. The van der Waals surface area contributed by atoms with Gasteiger partial charge in [0.15, 0.2) is 11.0 Å². The summed E-state index contributed by atoms with van der Waals surface area (Å²) in [5.41, 5.74) is 0.166. The van der Waals surface area contributed by atoms with Gasteiger partial charge in [0.05, 0.1) is 12.5 Å². The van der Waals surface area contributed by atoms with E-state index in [0.717, 1.165) is 0 Å². The van der Waals surface area contributed by atoms with Crippen LogP contribution in [0.3, 0.4) is 0 Å². The lowest BCUT2D eigenvalue weighted by molar-refractivity contribution is -0.117. The van der Waals surface area contributed by atoms with Crippen molar-refractivity contribution in [3.8, 4) is 0 Å². The first-order valence-corrected chi connectivity index (χ1v) is 7.16. The Hall–Kier alpha value is -1.34. The number of carbonyl (C=O) groups is 2. The van der Waals surface area contributed by atoms with Crippen molar-refractivity contribution in [2.75, 3.05) is 24.8 Å². The maximum Gasteiger partial charge on any atom is 0.343 e. The third kappa shape index (κ3) is 2.82. The molecule has 1 unspecified atom stereocenters. The molecule has 1 atom stereocenters. The van der Waals surface area contributed by atoms with E-state index in [4.69, 9.17) is 11.6 Å². The highest BCUT2D eigenvalue weighted by molar-refractivity contribution is 7.98. The van der Waals surface area contributed by atoms with Gasteiger partial charge in [-0.05, 0) is 6.26 Å². The monoisotopic (exact) mass is 301 g/mol. The third-order valence-electron chi connectivity index (χ3n) is 2.67. The summed E-state index contributed by atoms with van der Waals surface area (Å²) >= 11 is 7.29. The van der Waals surface area contributed by atoms with E-state index in [2.05, 4.69) is 14.7 Å². The summed E-state index contributed by atoms with van der Waals surface area (Å²) in [5.74, 6) is -0.469. The van der Waals surface area contributed by atoms with Gasteiger partial charge in [-0.2, -0.15) is 0 Å². The molecule has 0 aliphatic carbocycles. The minimum Gasteiger partial charge on any atom is -0.465 e. The van der Waals surface area contributed by atoms with Crippen LogP contribution in [0.25, 0.3) is 0 Å². The Kier molecular flexibility index (Phi) is 4.26. The van der Waals surface area contributed by atoms with Crippen molar-refractivity contribution < 1.29 is 14.3 Å². The molecule has 0 radical (unpaired) electrons. The van der Waals surface area contributed by atoms with Gasteiger partial charge in [-0.25, -0.2) is 14.8 Å². The highest BCUT2D eigenvalue weighted by Crippen LogP contribution is 2.27. The highest BCUT2D eigenvalue weighted by Gasteiger charge is 2.33. The van der Waals surface area contributed by atoms with E-state index < -0.39 is 5.97 Å². The van der Waals surface area contributed by atoms with E-state index in [1.807, 2.05) is 6.26 Å². The Morgan fingerprint density at radius 1 is 1.63 bits per heavy atom. The molecule has 1 aromatic rings. The van der Waals surface area contributed by atoms with Crippen molar-refractivity contribution in [1.29, 1.82) is 0 Å². The van der Waals surface area contributed by atoms with Gasteiger partial charge in [0.1, 0.15) is 5.56 Å². The van der Waals surface area contributed by atoms with Crippen LogP contribution in [-0.2, 0) is 9.53 Å². The second-order valence-electron chi connectivity index (χ2n) is 3.89. The molecule has 1 aromatic heterocycles. The van der Waals surface area contributed by atoms with E-state index in [1.165, 1.54) is 30.0 Å². The zero-order valence-corrected chi connectivity index (χ0v) is 12.0. The molecular weight excluding hydrogens is 290 g/mol. The molecule has 1 amide bonds. The lowest BCUT2D eigenvalue weighted by Gasteiger charge is -2.17. The molecular formula is C11H12ClN3O3S. The Morgan fingerprint density at radius 3 is 2.89 bits per heavy atom. The topological polar surface area (TPSA) is 72.4 Å². The third-order valence-corrected chi connectivity index (χ3v) is 3.52. The molecule has 2 heterocycles. The smallest absolute Gasteiger partial charge is 0.343 e. The van der Waals surface area contributed by atoms with Gasteiger partial charge in [-0.15, -0.1) is 11.6 Å². The van der Waals surface area contributed by atoms with Gasteiger partial charge in [0.2, 0.25) is 5.91 Å². The Morgan fingerprint density at radius 2 is 2.37 bits per heavy atom. The van der Waals surface area contributed by atoms with Crippen LogP contribution in [-0.4, -0.2) is 47.1 Å². The van der Waals surface area contributed by atoms with E-state index in [0.29, 0.717) is 11.7 Å². The normalized spacial score (nSPS) is 18.8. The number of nitrogens with zero attached hydrogens (tertiary/aromatic N) is 3. The van der Waals surface area contributed by atoms with Crippen molar-refractivity contribution in [2.24, 2.45) is 0 Å². The first-order valence-electron chi connectivity index (χ1n) is 5.50. The standard InChI is InChI=1S/C11H12ClN3O3S/c1-18-10(17)7-4-13-11(19-2)14-9(7)15-5-6(12)3-8(15)16/h4,6H,3,5H2,1-2H3. The lowest BCUT2D eigenvalue weighted by atomic mass is 10.3. The molecule has 0 saturated carbocycles. The number of alkyl halides is 1. The number of amides is 1. The minimum absolute atomic E-state index is 0.157. The van der Waals surface area contributed by atoms with Gasteiger partial charge < -0.3 is 4.74 Å². The predicted octanol–water partition coefficient (Wildman–Crippen LogP) is 1.33. The van der Waals surface area contributed by atoms with Crippen LogP contribution in [0.1, 0.15) is 16.8 Å². The second-order valence-corrected chi connectivity index (χ2v) is 5.28. The number of carbonyl (C=O) groups excluding carboxylic acids is 2. The Balaban J connectivity index is 2.46. The number of rotatable bonds is 3. The van der Waals surface area contributed by atoms with Crippen LogP contribution < -0.4 is 4.90 Å². The second kappa shape index (κ2) is 5.75. The molecule has 0 bridgehead atoms. The first kappa shape index (κ1) is 14.1. The number of ether oxygens (including phenoxy) is 1. The molecule has 1 aliphatic heterocycles. The van der Waals surface area contributed by atoms with Gasteiger partial charge in [0.25, 0.3) is 0 Å². The van der Waals surface area contributed by atoms with Crippen molar-refractivity contribution in [1.82, 2.24) is 9.97 Å². The van der Waals surface area contributed by atoms with Gasteiger partial charge in [-0.1, -0.05) is 11.8 Å². The molecule has 1 saturated heterocycles. The maximum absolute atomic E-state index is 11.9. The molecule has 6 nitrogen and oxygen atoms in total. The average molecular weight is 302 g/mol. The number of thioether (sulfide) groups is 1. The Labute approximate surface area is 119 Å². The zero-order valence-electron chi connectivity index (χ0n) is 10.4. The van der Waals surface area contributed by atoms with Crippen molar-refractivity contribution in [3.05, 3.63) is 11.8 Å². The largest absolute Gasteiger partial charge is 0.465 e. The van der Waals surface area contributed by atoms with Crippen LogP contribution in [0, 0.1) is 0 Å². The quantitative estimate of drug-likeness (QED) is 0.363. The number of aromatic nitrogens is 2. The van der Waals surface area contributed by atoms with Gasteiger partial charge in [0, 0.05) is 19.2 Å². The number of esters is 1. The number of methoxy groups -OCH3 is 1. The lowest BCUT2D eigenvalue weighted by Crippen LogP contribution is -2.28. The fourth-order valence-corrected chi connectivity index (χ4v) is 2.39. The highest BCUT2D eigenvalue weighted by atomic mass is 35.5. The number of hydrogen-bond donors (Lipinski definition) is 0. The first-order chi connectivity index (χ1) is 9.06. The summed E-state index contributed by atoms with van der Waals surface area (Å²) in [6, 6.07) is 0. The van der Waals surface area contributed by atoms with Crippen LogP contribution >= 0.6 is 23.4 Å². The SMILES string of the molecule is COC(=O)c1cnc(SC)nc1N1CC(Cl)CC1=O. The molecule has 19 heavy (non-hydrogen) atoms. The van der Waals surface area contributed by atoms with Crippen LogP contribution in [0.15, 0.2) is 11.4 Å². The minimum atomic E-state index is -0.575. The van der Waals surface area contributed by atoms with E-state index in [-0.39, 0.29) is 29.1 Å². The summed E-state index contributed by atoms with van der Waals surface area (Å²) in [4.78, 5) is 33.2. The molecule has 0 spiro atoms. The summed E-state index contributed by atoms with van der Waals surface area (Å²) in [5, 5.41) is 0.208. The molecule has 1 fully saturated rings. The number of anilines is 1.